The molecular formula is C14H6O5. The summed E-state index contributed by atoms with van der Waals surface area (Å²) in [7, 11) is 0. The van der Waals surface area contributed by atoms with E-state index in [0.717, 1.165) is 5.56 Å². The van der Waals surface area contributed by atoms with E-state index in [1.807, 2.05) is 0 Å². The molecule has 2 aromatic carbocycles. The first-order chi connectivity index (χ1) is 9.16. The first-order valence-electron chi connectivity index (χ1n) is 5.69. The van der Waals surface area contributed by atoms with E-state index in [1.165, 1.54) is 12.1 Å². The second-order valence-electron chi connectivity index (χ2n) is 4.44. The Bertz CT molecular complexity index is 783. The van der Waals surface area contributed by atoms with E-state index < -0.39 is 17.9 Å². The average Bonchev–Trinajstić information content (AvgIpc) is 2.41. The highest BCUT2D eigenvalue weighted by molar-refractivity contribution is 6.24. The Balaban J connectivity index is 2.27. The summed E-state index contributed by atoms with van der Waals surface area (Å²) in [6.07, 6.45) is 0. The Labute approximate surface area is 106 Å². The van der Waals surface area contributed by atoms with Gasteiger partial charge in [0.05, 0.1) is 16.7 Å². The number of esters is 3. The molecule has 0 bridgehead atoms. The lowest BCUT2D eigenvalue weighted by Crippen LogP contribution is -2.22. The summed E-state index contributed by atoms with van der Waals surface area (Å²) in [5, 5.41) is 1.11. The van der Waals surface area contributed by atoms with Gasteiger partial charge in [0.1, 0.15) is 6.61 Å². The van der Waals surface area contributed by atoms with Crippen LogP contribution in [0.15, 0.2) is 24.3 Å². The lowest BCUT2D eigenvalue weighted by molar-refractivity contribution is 0.0385. The fraction of sp³-hybridized carbons (Fsp3) is 0.0714. The molecule has 2 aliphatic heterocycles. The van der Waals surface area contributed by atoms with Crippen LogP contribution in [-0.4, -0.2) is 17.9 Å². The Kier molecular flexibility index (Phi) is 1.73. The minimum atomic E-state index is -0.680. The van der Waals surface area contributed by atoms with Gasteiger partial charge in [-0.1, -0.05) is 6.07 Å². The molecule has 0 N–H and O–H groups in total. The quantitative estimate of drug-likeness (QED) is 0.529. The molecule has 0 aromatic heterocycles. The van der Waals surface area contributed by atoms with Crippen molar-refractivity contribution >= 4 is 28.7 Å². The number of hydrogen-bond acceptors (Lipinski definition) is 5. The van der Waals surface area contributed by atoms with E-state index in [1.54, 1.807) is 12.1 Å². The molecule has 2 heterocycles. The van der Waals surface area contributed by atoms with Crippen LogP contribution >= 0.6 is 0 Å². The summed E-state index contributed by atoms with van der Waals surface area (Å²) in [5.74, 6) is -1.80. The van der Waals surface area contributed by atoms with Gasteiger partial charge in [-0.15, -0.1) is 0 Å². The Morgan fingerprint density at radius 1 is 0.737 bits per heavy atom. The average molecular weight is 254 g/mol. The second kappa shape index (κ2) is 3.20. The SMILES string of the molecule is O=C1OCc2ccc3c4c(ccc1c24)C(=O)OC3=O. The molecule has 19 heavy (non-hydrogen) atoms. The van der Waals surface area contributed by atoms with E-state index >= 15 is 0 Å². The molecule has 0 unspecified atom stereocenters. The van der Waals surface area contributed by atoms with Crippen molar-refractivity contribution in [3.8, 4) is 0 Å². The number of carbonyl (C=O) groups excluding carboxylic acids is 3. The minimum Gasteiger partial charge on any atom is -0.457 e. The first-order valence-corrected chi connectivity index (χ1v) is 5.69. The maximum absolute atomic E-state index is 11.7. The van der Waals surface area contributed by atoms with Crippen LogP contribution in [0.1, 0.15) is 36.6 Å². The molecule has 0 aliphatic carbocycles. The molecule has 0 saturated carbocycles. The van der Waals surface area contributed by atoms with Crippen molar-refractivity contribution in [2.24, 2.45) is 0 Å². The molecule has 2 aliphatic rings. The highest BCUT2D eigenvalue weighted by atomic mass is 16.6. The van der Waals surface area contributed by atoms with Crippen molar-refractivity contribution in [1.82, 2.24) is 0 Å². The number of benzene rings is 2. The Morgan fingerprint density at radius 2 is 1.32 bits per heavy atom. The van der Waals surface area contributed by atoms with Gasteiger partial charge in [-0.25, -0.2) is 14.4 Å². The highest BCUT2D eigenvalue weighted by Crippen LogP contribution is 2.36. The number of carbonyl (C=O) groups is 3. The third-order valence-corrected chi connectivity index (χ3v) is 3.45. The van der Waals surface area contributed by atoms with Crippen LogP contribution in [0.2, 0.25) is 0 Å². The third-order valence-electron chi connectivity index (χ3n) is 3.45. The Morgan fingerprint density at radius 3 is 2.00 bits per heavy atom. The monoisotopic (exact) mass is 254 g/mol. The van der Waals surface area contributed by atoms with Crippen LogP contribution in [-0.2, 0) is 16.1 Å². The summed E-state index contributed by atoms with van der Waals surface area (Å²) in [4.78, 5) is 35.2. The molecule has 2 aromatic rings. The van der Waals surface area contributed by atoms with E-state index in [-0.39, 0.29) is 6.61 Å². The van der Waals surface area contributed by atoms with Crippen LogP contribution in [0.25, 0.3) is 10.8 Å². The molecule has 5 heteroatoms. The number of ether oxygens (including phenoxy) is 2. The van der Waals surface area contributed by atoms with Crippen molar-refractivity contribution in [3.05, 3.63) is 46.5 Å². The van der Waals surface area contributed by atoms with Gasteiger partial charge in [0, 0.05) is 10.8 Å². The zero-order valence-corrected chi connectivity index (χ0v) is 9.56. The third kappa shape index (κ3) is 1.16. The van der Waals surface area contributed by atoms with Crippen LogP contribution in [0.5, 0.6) is 0 Å². The molecule has 0 spiro atoms. The minimum absolute atomic E-state index is 0.148. The molecule has 0 fully saturated rings. The van der Waals surface area contributed by atoms with Crippen LogP contribution < -0.4 is 0 Å². The van der Waals surface area contributed by atoms with Gasteiger partial charge < -0.3 is 9.47 Å². The standard InChI is InChI=1S/C14H6O5/c15-12-7-3-4-9-11-8(13(16)19-14(9)17)2-1-6(5-18-12)10(7)11/h1-4H,5H2. The van der Waals surface area contributed by atoms with Crippen molar-refractivity contribution in [3.63, 3.8) is 0 Å². The van der Waals surface area contributed by atoms with Gasteiger partial charge in [0.15, 0.2) is 0 Å². The van der Waals surface area contributed by atoms with Crippen molar-refractivity contribution in [1.29, 1.82) is 0 Å². The second-order valence-corrected chi connectivity index (χ2v) is 4.44. The predicted molar refractivity (Wildman–Crippen MR) is 62.8 cm³/mol. The number of hydrogen-bond donors (Lipinski definition) is 0. The summed E-state index contributed by atoms with van der Waals surface area (Å²) < 4.78 is 9.71. The maximum atomic E-state index is 11.7. The normalized spacial score (nSPS) is 16.3. The van der Waals surface area contributed by atoms with Crippen LogP contribution in [0, 0.1) is 0 Å². The summed E-state index contributed by atoms with van der Waals surface area (Å²) >= 11 is 0. The fourth-order valence-electron chi connectivity index (χ4n) is 2.61. The zero-order chi connectivity index (χ0) is 13.1. The summed E-state index contributed by atoms with van der Waals surface area (Å²) in [6.45, 7) is 0.148. The molecule has 0 atom stereocenters. The van der Waals surface area contributed by atoms with E-state index in [9.17, 15) is 14.4 Å². The lowest BCUT2D eigenvalue weighted by Gasteiger charge is -2.22. The van der Waals surface area contributed by atoms with Gasteiger partial charge in [-0.3, -0.25) is 0 Å². The molecule has 0 amide bonds. The van der Waals surface area contributed by atoms with Gasteiger partial charge >= 0.3 is 17.9 Å². The van der Waals surface area contributed by atoms with Crippen LogP contribution in [0.3, 0.4) is 0 Å². The van der Waals surface area contributed by atoms with Crippen molar-refractivity contribution < 1.29 is 23.9 Å². The lowest BCUT2D eigenvalue weighted by atomic mass is 9.90. The molecular weight excluding hydrogens is 248 g/mol. The molecule has 0 radical (unpaired) electrons. The highest BCUT2D eigenvalue weighted by Gasteiger charge is 2.32. The predicted octanol–water partition coefficient (Wildman–Crippen LogP) is 1.82. The maximum Gasteiger partial charge on any atom is 0.346 e. The van der Waals surface area contributed by atoms with Crippen molar-refractivity contribution in [2.75, 3.05) is 0 Å². The van der Waals surface area contributed by atoms with E-state index in [0.29, 0.717) is 27.5 Å². The first kappa shape index (κ1) is 10.3. The van der Waals surface area contributed by atoms with Crippen LogP contribution in [0.4, 0.5) is 0 Å². The van der Waals surface area contributed by atoms with Gasteiger partial charge in [0.25, 0.3) is 0 Å². The van der Waals surface area contributed by atoms with E-state index in [4.69, 9.17) is 4.74 Å². The molecule has 92 valence electrons. The van der Waals surface area contributed by atoms with Gasteiger partial charge in [0.2, 0.25) is 0 Å². The largest absolute Gasteiger partial charge is 0.457 e. The van der Waals surface area contributed by atoms with Crippen molar-refractivity contribution in [2.45, 2.75) is 6.61 Å². The summed E-state index contributed by atoms with van der Waals surface area (Å²) in [6, 6.07) is 6.34. The van der Waals surface area contributed by atoms with Gasteiger partial charge in [-0.05, 0) is 23.8 Å². The molecule has 0 saturated heterocycles. The van der Waals surface area contributed by atoms with E-state index in [2.05, 4.69) is 4.74 Å². The fourth-order valence-corrected chi connectivity index (χ4v) is 2.61. The summed E-state index contributed by atoms with van der Waals surface area (Å²) in [5.41, 5.74) is 1.79. The Hall–Kier alpha value is -2.69. The topological polar surface area (TPSA) is 69.7 Å². The number of rotatable bonds is 0. The smallest absolute Gasteiger partial charge is 0.346 e. The zero-order valence-electron chi connectivity index (χ0n) is 9.56. The molecule has 5 nitrogen and oxygen atoms in total. The molecule has 4 rings (SSSR count). The van der Waals surface area contributed by atoms with Gasteiger partial charge in [-0.2, -0.15) is 0 Å². The number of cyclic esters (lactones) is 3.